The zero-order valence-electron chi connectivity index (χ0n) is 12.5. The summed E-state index contributed by atoms with van der Waals surface area (Å²) in [5.74, 6) is 0.998. The Labute approximate surface area is 124 Å². The number of benzene rings is 1. The maximum atomic E-state index is 5.87. The van der Waals surface area contributed by atoms with Crippen LogP contribution in [0.3, 0.4) is 0 Å². The number of nitrogens with zero attached hydrogens (tertiary/aromatic N) is 2. The number of hydrogen-bond donors (Lipinski definition) is 1. The van der Waals surface area contributed by atoms with Crippen molar-refractivity contribution in [2.75, 3.05) is 6.54 Å². The fraction of sp³-hybridized carbons (Fsp3) is 0.353. The third-order valence-corrected chi connectivity index (χ3v) is 3.72. The summed E-state index contributed by atoms with van der Waals surface area (Å²) < 4.78 is 7.72. The SMILES string of the molecule is CC(NCCCc1cnn(C)c1)c1cc2ccccc2o1. The molecule has 4 nitrogen and oxygen atoms in total. The highest BCUT2D eigenvalue weighted by molar-refractivity contribution is 5.77. The number of hydrogen-bond acceptors (Lipinski definition) is 3. The molecule has 0 bridgehead atoms. The van der Waals surface area contributed by atoms with Gasteiger partial charge in [0, 0.05) is 18.6 Å². The molecule has 3 aromatic rings. The Morgan fingerprint density at radius 1 is 1.33 bits per heavy atom. The number of para-hydroxylation sites is 1. The van der Waals surface area contributed by atoms with Crippen LogP contribution in [0.4, 0.5) is 0 Å². The van der Waals surface area contributed by atoms with E-state index in [-0.39, 0.29) is 6.04 Å². The second kappa shape index (κ2) is 6.14. The highest BCUT2D eigenvalue weighted by Crippen LogP contribution is 2.23. The van der Waals surface area contributed by atoms with E-state index in [0.717, 1.165) is 36.1 Å². The lowest BCUT2D eigenvalue weighted by atomic mass is 10.2. The second-order valence-electron chi connectivity index (χ2n) is 5.49. The Kier molecular flexibility index (Phi) is 4.06. The summed E-state index contributed by atoms with van der Waals surface area (Å²) in [5, 5.41) is 8.86. The van der Waals surface area contributed by atoms with Gasteiger partial charge in [-0.25, -0.2) is 0 Å². The molecule has 0 radical (unpaired) electrons. The Balaban J connectivity index is 1.50. The maximum absolute atomic E-state index is 5.87. The fourth-order valence-electron chi connectivity index (χ4n) is 2.53. The molecule has 1 N–H and O–H groups in total. The van der Waals surface area contributed by atoms with E-state index in [4.69, 9.17) is 4.42 Å². The van der Waals surface area contributed by atoms with E-state index in [1.165, 1.54) is 5.56 Å². The van der Waals surface area contributed by atoms with Gasteiger partial charge in [-0.05, 0) is 44.0 Å². The summed E-state index contributed by atoms with van der Waals surface area (Å²) in [5.41, 5.74) is 2.24. The molecular weight excluding hydrogens is 262 g/mol. The van der Waals surface area contributed by atoms with Crippen LogP contribution in [0.15, 0.2) is 47.1 Å². The van der Waals surface area contributed by atoms with Crippen LogP contribution in [0.25, 0.3) is 11.0 Å². The molecule has 2 heterocycles. The molecule has 21 heavy (non-hydrogen) atoms. The molecule has 0 amide bonds. The van der Waals surface area contributed by atoms with Gasteiger partial charge in [0.05, 0.1) is 12.2 Å². The van der Waals surface area contributed by atoms with Gasteiger partial charge in [0.25, 0.3) is 0 Å². The van der Waals surface area contributed by atoms with Crippen molar-refractivity contribution in [2.45, 2.75) is 25.8 Å². The Morgan fingerprint density at radius 2 is 2.19 bits per heavy atom. The minimum atomic E-state index is 0.228. The van der Waals surface area contributed by atoms with Crippen molar-refractivity contribution >= 4 is 11.0 Å². The van der Waals surface area contributed by atoms with E-state index in [0.29, 0.717) is 0 Å². The lowest BCUT2D eigenvalue weighted by Gasteiger charge is -2.10. The van der Waals surface area contributed by atoms with Crippen molar-refractivity contribution in [3.05, 3.63) is 54.0 Å². The van der Waals surface area contributed by atoms with Crippen LogP contribution in [0.5, 0.6) is 0 Å². The Morgan fingerprint density at radius 3 is 2.95 bits per heavy atom. The number of nitrogens with one attached hydrogen (secondary N) is 1. The molecule has 1 unspecified atom stereocenters. The van der Waals surface area contributed by atoms with Crippen LogP contribution in [0.1, 0.15) is 30.7 Å². The summed E-state index contributed by atoms with van der Waals surface area (Å²) in [6, 6.07) is 10.5. The van der Waals surface area contributed by atoms with Gasteiger partial charge in [0.1, 0.15) is 11.3 Å². The van der Waals surface area contributed by atoms with Crippen molar-refractivity contribution in [3.63, 3.8) is 0 Å². The molecule has 0 fully saturated rings. The van der Waals surface area contributed by atoms with Crippen molar-refractivity contribution in [2.24, 2.45) is 7.05 Å². The van der Waals surface area contributed by atoms with Gasteiger partial charge in [-0.15, -0.1) is 0 Å². The van der Waals surface area contributed by atoms with E-state index < -0.39 is 0 Å². The van der Waals surface area contributed by atoms with Gasteiger partial charge in [-0.1, -0.05) is 18.2 Å². The molecule has 0 aliphatic heterocycles. The van der Waals surface area contributed by atoms with Gasteiger partial charge in [0.15, 0.2) is 0 Å². The van der Waals surface area contributed by atoms with Crippen molar-refractivity contribution < 1.29 is 4.42 Å². The molecule has 0 saturated heterocycles. The quantitative estimate of drug-likeness (QED) is 0.705. The van der Waals surface area contributed by atoms with E-state index in [1.54, 1.807) is 0 Å². The first-order valence-electron chi connectivity index (χ1n) is 7.42. The first kappa shape index (κ1) is 13.9. The van der Waals surface area contributed by atoms with E-state index in [1.807, 2.05) is 36.1 Å². The van der Waals surface area contributed by atoms with Crippen molar-refractivity contribution in [1.82, 2.24) is 15.1 Å². The minimum Gasteiger partial charge on any atom is -0.459 e. The minimum absolute atomic E-state index is 0.228. The number of aromatic nitrogens is 2. The van der Waals surface area contributed by atoms with Gasteiger partial charge < -0.3 is 9.73 Å². The molecule has 1 atom stereocenters. The highest BCUT2D eigenvalue weighted by Gasteiger charge is 2.10. The number of aryl methyl sites for hydroxylation is 2. The third-order valence-electron chi connectivity index (χ3n) is 3.72. The zero-order chi connectivity index (χ0) is 14.7. The number of fused-ring (bicyclic) bond motifs is 1. The molecule has 2 aromatic heterocycles. The molecular formula is C17H21N3O. The predicted molar refractivity (Wildman–Crippen MR) is 84.2 cm³/mol. The van der Waals surface area contributed by atoms with Gasteiger partial charge in [-0.3, -0.25) is 4.68 Å². The molecule has 4 heteroatoms. The first-order valence-corrected chi connectivity index (χ1v) is 7.42. The summed E-state index contributed by atoms with van der Waals surface area (Å²) >= 11 is 0. The van der Waals surface area contributed by atoms with Gasteiger partial charge in [0.2, 0.25) is 0 Å². The highest BCUT2D eigenvalue weighted by atomic mass is 16.3. The number of rotatable bonds is 6. The molecule has 0 aliphatic rings. The Hall–Kier alpha value is -2.07. The topological polar surface area (TPSA) is 43.0 Å². The lowest BCUT2D eigenvalue weighted by Crippen LogP contribution is -2.19. The van der Waals surface area contributed by atoms with Crippen LogP contribution < -0.4 is 5.32 Å². The van der Waals surface area contributed by atoms with Crippen molar-refractivity contribution in [1.29, 1.82) is 0 Å². The van der Waals surface area contributed by atoms with E-state index in [9.17, 15) is 0 Å². The smallest absolute Gasteiger partial charge is 0.134 e. The van der Waals surface area contributed by atoms with Crippen LogP contribution in [-0.4, -0.2) is 16.3 Å². The summed E-state index contributed by atoms with van der Waals surface area (Å²) in [4.78, 5) is 0. The molecule has 0 spiro atoms. The van der Waals surface area contributed by atoms with Gasteiger partial charge in [-0.2, -0.15) is 5.10 Å². The van der Waals surface area contributed by atoms with Crippen LogP contribution in [0.2, 0.25) is 0 Å². The number of furan rings is 1. The predicted octanol–water partition coefficient (Wildman–Crippen LogP) is 3.45. The third kappa shape index (κ3) is 3.34. The average molecular weight is 283 g/mol. The van der Waals surface area contributed by atoms with Gasteiger partial charge >= 0.3 is 0 Å². The maximum Gasteiger partial charge on any atom is 0.134 e. The largest absolute Gasteiger partial charge is 0.459 e. The Bertz CT molecular complexity index is 680. The monoisotopic (exact) mass is 283 g/mol. The standard InChI is InChI=1S/C17H21N3O/c1-13(17-10-15-7-3-4-8-16(15)21-17)18-9-5-6-14-11-19-20(2)12-14/h3-4,7-8,10-13,18H,5-6,9H2,1-2H3. The average Bonchev–Trinajstić information content (AvgIpc) is 3.09. The molecule has 1 aromatic carbocycles. The molecule has 110 valence electrons. The molecule has 3 rings (SSSR count). The van der Waals surface area contributed by atoms with E-state index >= 15 is 0 Å². The molecule has 0 aliphatic carbocycles. The zero-order valence-corrected chi connectivity index (χ0v) is 12.5. The van der Waals surface area contributed by atoms with Crippen LogP contribution in [-0.2, 0) is 13.5 Å². The first-order chi connectivity index (χ1) is 10.2. The summed E-state index contributed by atoms with van der Waals surface area (Å²) in [6.07, 6.45) is 6.15. The normalized spacial score (nSPS) is 12.9. The summed E-state index contributed by atoms with van der Waals surface area (Å²) in [7, 11) is 1.95. The molecule has 0 saturated carbocycles. The van der Waals surface area contributed by atoms with Crippen LogP contribution in [0, 0.1) is 0 Å². The fourth-order valence-corrected chi connectivity index (χ4v) is 2.53. The second-order valence-corrected chi connectivity index (χ2v) is 5.49. The van der Waals surface area contributed by atoms with Crippen molar-refractivity contribution in [3.8, 4) is 0 Å². The summed E-state index contributed by atoms with van der Waals surface area (Å²) in [6.45, 7) is 3.11. The van der Waals surface area contributed by atoms with Crippen LogP contribution >= 0.6 is 0 Å². The van der Waals surface area contributed by atoms with E-state index in [2.05, 4.69) is 35.7 Å². The lowest BCUT2D eigenvalue weighted by molar-refractivity contribution is 0.449.